The van der Waals surface area contributed by atoms with Crippen molar-refractivity contribution in [3.63, 3.8) is 0 Å². The maximum Gasteiger partial charge on any atom is 0.343 e. The Labute approximate surface area is 233 Å². The minimum Gasteiger partial charge on any atom is -0.493 e. The number of fused-ring (bicyclic) bond motifs is 1. The second-order valence-corrected chi connectivity index (χ2v) is 9.17. The standard InChI is InChI=1S/C31H35N3O6/c1-5-33(6-2)20-23(35)19-32-30(36)28-29(40-31(37)21-16-17-26(38-3)27(18-21)39-4)24-14-10-11-15-25(24)34(28)22-12-8-7-9-13-22/h7-18,23,35H,5-6,19-20H2,1-4H3,(H,32,36). The Morgan fingerprint density at radius 1 is 0.925 bits per heavy atom. The number of likely N-dealkylation sites (N-methyl/N-ethyl adjacent to an activating group) is 1. The van der Waals surface area contributed by atoms with Gasteiger partial charge in [-0.3, -0.25) is 4.79 Å². The lowest BCUT2D eigenvalue weighted by Crippen LogP contribution is -2.40. The fraction of sp³-hybridized carbons (Fsp3) is 0.290. The molecule has 2 N–H and O–H groups in total. The highest BCUT2D eigenvalue weighted by atomic mass is 16.5. The maximum atomic E-state index is 13.8. The molecular formula is C31H35N3O6. The van der Waals surface area contributed by atoms with Gasteiger partial charge in [-0.25, -0.2) is 4.79 Å². The Hall–Kier alpha value is -4.34. The quantitative estimate of drug-likeness (QED) is 0.256. The van der Waals surface area contributed by atoms with Gasteiger partial charge in [-0.05, 0) is 55.6 Å². The van der Waals surface area contributed by atoms with Crippen molar-refractivity contribution in [1.82, 2.24) is 14.8 Å². The number of aliphatic hydroxyl groups is 1. The van der Waals surface area contributed by atoms with E-state index in [9.17, 15) is 14.7 Å². The number of aliphatic hydroxyl groups excluding tert-OH is 1. The second kappa shape index (κ2) is 13.1. The average molecular weight is 546 g/mol. The highest BCUT2D eigenvalue weighted by Gasteiger charge is 2.28. The molecule has 40 heavy (non-hydrogen) atoms. The van der Waals surface area contributed by atoms with E-state index in [0.717, 1.165) is 18.8 Å². The van der Waals surface area contributed by atoms with E-state index in [1.807, 2.05) is 62.4 Å². The van der Waals surface area contributed by atoms with Crippen LogP contribution in [0.2, 0.25) is 0 Å². The monoisotopic (exact) mass is 545 g/mol. The number of ether oxygens (including phenoxy) is 3. The zero-order chi connectivity index (χ0) is 28.6. The molecular weight excluding hydrogens is 510 g/mol. The first kappa shape index (κ1) is 28.7. The molecule has 0 bridgehead atoms. The van der Waals surface area contributed by atoms with Crippen LogP contribution in [-0.4, -0.2) is 73.0 Å². The van der Waals surface area contributed by atoms with Gasteiger partial charge in [0, 0.05) is 24.2 Å². The van der Waals surface area contributed by atoms with Gasteiger partial charge in [0.1, 0.15) is 0 Å². The van der Waals surface area contributed by atoms with E-state index in [4.69, 9.17) is 14.2 Å². The molecule has 0 saturated heterocycles. The number of esters is 1. The van der Waals surface area contributed by atoms with Gasteiger partial charge in [-0.2, -0.15) is 0 Å². The summed E-state index contributed by atoms with van der Waals surface area (Å²) >= 11 is 0. The zero-order valence-corrected chi connectivity index (χ0v) is 23.2. The van der Waals surface area contributed by atoms with Gasteiger partial charge in [0.15, 0.2) is 22.9 Å². The van der Waals surface area contributed by atoms with Crippen LogP contribution in [0.1, 0.15) is 34.7 Å². The number of aromatic nitrogens is 1. The molecule has 9 nitrogen and oxygen atoms in total. The summed E-state index contributed by atoms with van der Waals surface area (Å²) in [4.78, 5) is 29.2. The lowest BCUT2D eigenvalue weighted by molar-refractivity contribution is 0.0731. The van der Waals surface area contributed by atoms with E-state index in [1.54, 1.807) is 22.8 Å². The van der Waals surface area contributed by atoms with Crippen LogP contribution < -0.4 is 19.5 Å². The predicted molar refractivity (Wildman–Crippen MR) is 154 cm³/mol. The molecule has 1 unspecified atom stereocenters. The minimum atomic E-state index is -0.767. The van der Waals surface area contributed by atoms with Crippen LogP contribution in [0, 0.1) is 0 Å². The fourth-order valence-electron chi connectivity index (χ4n) is 4.62. The fourth-order valence-corrected chi connectivity index (χ4v) is 4.62. The van der Waals surface area contributed by atoms with E-state index < -0.39 is 18.0 Å². The summed E-state index contributed by atoms with van der Waals surface area (Å²) in [6, 6.07) is 21.4. The van der Waals surface area contributed by atoms with Crippen LogP contribution in [0.5, 0.6) is 17.2 Å². The molecule has 0 aliphatic carbocycles. The van der Waals surface area contributed by atoms with Crippen LogP contribution >= 0.6 is 0 Å². The molecule has 1 heterocycles. The number of hydrogen-bond donors (Lipinski definition) is 2. The van der Waals surface area contributed by atoms with Crippen molar-refractivity contribution in [2.45, 2.75) is 20.0 Å². The summed E-state index contributed by atoms with van der Waals surface area (Å²) in [5, 5.41) is 14.0. The SMILES string of the molecule is CCN(CC)CC(O)CNC(=O)c1c(OC(=O)c2ccc(OC)c(OC)c2)c2ccccc2n1-c1ccccc1. The Morgan fingerprint density at radius 2 is 1.60 bits per heavy atom. The van der Waals surface area contributed by atoms with E-state index in [1.165, 1.54) is 20.3 Å². The molecule has 1 amide bonds. The first-order chi connectivity index (χ1) is 19.4. The first-order valence-corrected chi connectivity index (χ1v) is 13.2. The number of amides is 1. The zero-order valence-electron chi connectivity index (χ0n) is 23.2. The molecule has 1 aromatic heterocycles. The first-order valence-electron chi connectivity index (χ1n) is 13.2. The molecule has 4 aromatic rings. The Bertz CT molecular complexity index is 1460. The molecule has 9 heteroatoms. The average Bonchev–Trinajstić information content (AvgIpc) is 3.32. The molecule has 4 rings (SSSR count). The van der Waals surface area contributed by atoms with E-state index in [0.29, 0.717) is 28.9 Å². The molecule has 0 spiro atoms. The lowest BCUT2D eigenvalue weighted by atomic mass is 10.2. The Morgan fingerprint density at radius 3 is 2.27 bits per heavy atom. The number of hydrogen-bond acceptors (Lipinski definition) is 7. The highest BCUT2D eigenvalue weighted by molar-refractivity contribution is 6.07. The third-order valence-corrected chi connectivity index (χ3v) is 6.73. The van der Waals surface area contributed by atoms with Crippen LogP contribution in [0.15, 0.2) is 72.8 Å². The molecule has 0 radical (unpaired) electrons. The molecule has 0 saturated carbocycles. The van der Waals surface area contributed by atoms with Crippen LogP contribution in [0.3, 0.4) is 0 Å². The number of nitrogens with one attached hydrogen (secondary N) is 1. The number of benzene rings is 3. The van der Waals surface area contributed by atoms with Gasteiger partial charge in [0.25, 0.3) is 5.91 Å². The van der Waals surface area contributed by atoms with Crippen molar-refractivity contribution in [3.8, 4) is 22.9 Å². The summed E-state index contributed by atoms with van der Waals surface area (Å²) in [6.07, 6.45) is -0.767. The number of rotatable bonds is 12. The van der Waals surface area contributed by atoms with Crippen molar-refractivity contribution in [3.05, 3.63) is 84.1 Å². The summed E-state index contributed by atoms with van der Waals surface area (Å²) in [7, 11) is 3.00. The number of nitrogens with zero attached hydrogens (tertiary/aromatic N) is 2. The van der Waals surface area contributed by atoms with Crippen molar-refractivity contribution < 1.29 is 28.9 Å². The summed E-state index contributed by atoms with van der Waals surface area (Å²) in [6.45, 7) is 6.09. The minimum absolute atomic E-state index is 0.0364. The third-order valence-electron chi connectivity index (χ3n) is 6.73. The topological polar surface area (TPSA) is 102 Å². The number of carbonyl (C=O) groups is 2. The highest BCUT2D eigenvalue weighted by Crippen LogP contribution is 2.37. The Kier molecular flexibility index (Phi) is 9.42. The van der Waals surface area contributed by atoms with E-state index >= 15 is 0 Å². The summed E-state index contributed by atoms with van der Waals surface area (Å²) in [5.41, 5.74) is 1.80. The number of methoxy groups -OCH3 is 2. The number of carbonyl (C=O) groups excluding carboxylic acids is 2. The van der Waals surface area contributed by atoms with E-state index in [-0.39, 0.29) is 23.6 Å². The summed E-state index contributed by atoms with van der Waals surface area (Å²) in [5.74, 6) is -0.164. The van der Waals surface area contributed by atoms with Gasteiger partial charge in [0.2, 0.25) is 0 Å². The summed E-state index contributed by atoms with van der Waals surface area (Å²) < 4.78 is 18.3. The van der Waals surface area contributed by atoms with Crippen molar-refractivity contribution >= 4 is 22.8 Å². The van der Waals surface area contributed by atoms with Gasteiger partial charge in [-0.1, -0.05) is 44.2 Å². The molecule has 3 aromatic carbocycles. The van der Waals surface area contributed by atoms with Crippen molar-refractivity contribution in [1.29, 1.82) is 0 Å². The largest absolute Gasteiger partial charge is 0.493 e. The normalized spacial score (nSPS) is 11.8. The Balaban J connectivity index is 1.76. The molecule has 0 aliphatic heterocycles. The molecule has 0 aliphatic rings. The smallest absolute Gasteiger partial charge is 0.343 e. The number of para-hydroxylation sites is 2. The van der Waals surface area contributed by atoms with E-state index in [2.05, 4.69) is 10.2 Å². The third kappa shape index (κ3) is 6.11. The maximum absolute atomic E-state index is 13.8. The predicted octanol–water partition coefficient (Wildman–Crippen LogP) is 4.30. The van der Waals surface area contributed by atoms with Crippen LogP contribution in [-0.2, 0) is 0 Å². The van der Waals surface area contributed by atoms with Crippen molar-refractivity contribution in [2.24, 2.45) is 0 Å². The van der Waals surface area contributed by atoms with Gasteiger partial charge >= 0.3 is 5.97 Å². The van der Waals surface area contributed by atoms with Crippen LogP contribution in [0.25, 0.3) is 16.6 Å². The van der Waals surface area contributed by atoms with Crippen molar-refractivity contribution in [2.75, 3.05) is 40.4 Å². The van der Waals surface area contributed by atoms with Gasteiger partial charge < -0.3 is 34.1 Å². The molecule has 0 fully saturated rings. The second-order valence-electron chi connectivity index (χ2n) is 9.17. The molecule has 210 valence electrons. The van der Waals surface area contributed by atoms with Crippen LogP contribution in [0.4, 0.5) is 0 Å². The lowest BCUT2D eigenvalue weighted by Gasteiger charge is -2.22. The van der Waals surface area contributed by atoms with Gasteiger partial charge in [-0.15, -0.1) is 0 Å². The molecule has 1 atom stereocenters. The van der Waals surface area contributed by atoms with Gasteiger partial charge in [0.05, 0.1) is 31.4 Å².